The number of rotatable bonds is 6. The Labute approximate surface area is 161 Å². The van der Waals surface area contributed by atoms with Crippen molar-refractivity contribution in [3.05, 3.63) is 72.8 Å². The SMILES string of the molecule is COc1cccc(-c2nc3ccc(NC(=O)COc4ccccc4)cc3o2)c1. The van der Waals surface area contributed by atoms with Gasteiger partial charge in [0, 0.05) is 17.3 Å². The molecular weight excluding hydrogens is 356 g/mol. The number of amides is 1. The maximum absolute atomic E-state index is 12.1. The summed E-state index contributed by atoms with van der Waals surface area (Å²) in [5.74, 6) is 1.61. The zero-order valence-electron chi connectivity index (χ0n) is 15.2. The number of carbonyl (C=O) groups is 1. The van der Waals surface area contributed by atoms with Gasteiger partial charge in [-0.2, -0.15) is 0 Å². The van der Waals surface area contributed by atoms with E-state index in [0.717, 1.165) is 11.3 Å². The number of nitrogens with one attached hydrogen (secondary N) is 1. The predicted molar refractivity (Wildman–Crippen MR) is 107 cm³/mol. The van der Waals surface area contributed by atoms with Gasteiger partial charge in [0.15, 0.2) is 12.2 Å². The van der Waals surface area contributed by atoms with Crippen molar-refractivity contribution in [1.29, 1.82) is 0 Å². The minimum Gasteiger partial charge on any atom is -0.497 e. The number of oxazole rings is 1. The summed E-state index contributed by atoms with van der Waals surface area (Å²) in [4.78, 5) is 16.6. The fourth-order valence-electron chi connectivity index (χ4n) is 2.74. The number of nitrogens with zero attached hydrogens (tertiary/aromatic N) is 1. The van der Waals surface area contributed by atoms with Crippen LogP contribution in [-0.4, -0.2) is 24.6 Å². The molecule has 28 heavy (non-hydrogen) atoms. The molecule has 140 valence electrons. The normalized spacial score (nSPS) is 10.6. The van der Waals surface area contributed by atoms with Crippen LogP contribution in [-0.2, 0) is 4.79 Å². The van der Waals surface area contributed by atoms with Crippen molar-refractivity contribution in [2.24, 2.45) is 0 Å². The van der Waals surface area contributed by atoms with Crippen molar-refractivity contribution in [2.75, 3.05) is 19.0 Å². The van der Waals surface area contributed by atoms with Crippen LogP contribution in [0.15, 0.2) is 77.2 Å². The number of aromatic nitrogens is 1. The van der Waals surface area contributed by atoms with E-state index in [1.807, 2.05) is 42.5 Å². The van der Waals surface area contributed by atoms with Crippen LogP contribution in [0.25, 0.3) is 22.6 Å². The smallest absolute Gasteiger partial charge is 0.262 e. The first-order valence-electron chi connectivity index (χ1n) is 8.74. The van der Waals surface area contributed by atoms with Gasteiger partial charge in [-0.3, -0.25) is 4.79 Å². The van der Waals surface area contributed by atoms with E-state index in [9.17, 15) is 4.79 Å². The standard InChI is InChI=1S/C22H18N2O4/c1-26-18-9-5-6-15(12-18)22-24-19-11-10-16(13-20(19)28-22)23-21(25)14-27-17-7-3-2-4-8-17/h2-13H,14H2,1H3,(H,23,25). The van der Waals surface area contributed by atoms with E-state index in [4.69, 9.17) is 13.9 Å². The molecule has 1 heterocycles. The van der Waals surface area contributed by atoms with Gasteiger partial charge in [0.1, 0.15) is 17.0 Å². The van der Waals surface area contributed by atoms with Crippen molar-refractivity contribution in [3.63, 3.8) is 0 Å². The number of para-hydroxylation sites is 1. The van der Waals surface area contributed by atoms with Crippen LogP contribution >= 0.6 is 0 Å². The summed E-state index contributed by atoms with van der Waals surface area (Å²) >= 11 is 0. The van der Waals surface area contributed by atoms with E-state index in [2.05, 4.69) is 10.3 Å². The van der Waals surface area contributed by atoms with Crippen LogP contribution in [0.2, 0.25) is 0 Å². The second-order valence-corrected chi connectivity index (χ2v) is 6.08. The lowest BCUT2D eigenvalue weighted by Crippen LogP contribution is -2.20. The lowest BCUT2D eigenvalue weighted by atomic mass is 10.2. The predicted octanol–water partition coefficient (Wildman–Crippen LogP) is 4.52. The fourth-order valence-corrected chi connectivity index (χ4v) is 2.74. The van der Waals surface area contributed by atoms with Crippen molar-refractivity contribution in [1.82, 2.24) is 4.98 Å². The molecule has 0 bridgehead atoms. The van der Waals surface area contributed by atoms with Crippen LogP contribution in [0.1, 0.15) is 0 Å². The molecule has 1 N–H and O–H groups in total. The molecule has 0 saturated heterocycles. The zero-order chi connectivity index (χ0) is 19.3. The molecule has 0 aliphatic carbocycles. The zero-order valence-corrected chi connectivity index (χ0v) is 15.2. The number of hydrogen-bond acceptors (Lipinski definition) is 5. The van der Waals surface area contributed by atoms with E-state index in [0.29, 0.717) is 28.4 Å². The largest absolute Gasteiger partial charge is 0.497 e. The van der Waals surface area contributed by atoms with Crippen molar-refractivity contribution >= 4 is 22.7 Å². The average molecular weight is 374 g/mol. The van der Waals surface area contributed by atoms with Gasteiger partial charge in [0.2, 0.25) is 5.89 Å². The van der Waals surface area contributed by atoms with Crippen LogP contribution in [0.4, 0.5) is 5.69 Å². The quantitative estimate of drug-likeness (QED) is 0.537. The van der Waals surface area contributed by atoms with Gasteiger partial charge in [0.25, 0.3) is 5.91 Å². The second kappa shape index (κ2) is 7.84. The number of anilines is 1. The summed E-state index contributed by atoms with van der Waals surface area (Å²) in [6.45, 7) is -0.0759. The molecule has 0 aliphatic heterocycles. The summed E-state index contributed by atoms with van der Waals surface area (Å²) in [6, 6.07) is 22.0. The highest BCUT2D eigenvalue weighted by atomic mass is 16.5. The van der Waals surface area contributed by atoms with Crippen molar-refractivity contribution in [2.45, 2.75) is 0 Å². The summed E-state index contributed by atoms with van der Waals surface area (Å²) in [5, 5.41) is 2.80. The lowest BCUT2D eigenvalue weighted by molar-refractivity contribution is -0.118. The first kappa shape index (κ1) is 17.6. The number of carbonyl (C=O) groups excluding carboxylic acids is 1. The first-order chi connectivity index (χ1) is 13.7. The van der Waals surface area contributed by atoms with E-state index >= 15 is 0 Å². The molecule has 1 aromatic heterocycles. The van der Waals surface area contributed by atoms with E-state index in [-0.39, 0.29) is 12.5 Å². The monoisotopic (exact) mass is 374 g/mol. The lowest BCUT2D eigenvalue weighted by Gasteiger charge is -2.07. The Hall–Kier alpha value is -3.80. The Morgan fingerprint density at radius 2 is 1.82 bits per heavy atom. The minimum atomic E-state index is -0.254. The molecule has 4 aromatic rings. The maximum atomic E-state index is 12.1. The van der Waals surface area contributed by atoms with Crippen LogP contribution < -0.4 is 14.8 Å². The molecule has 6 heteroatoms. The van der Waals surface area contributed by atoms with Gasteiger partial charge < -0.3 is 19.2 Å². The van der Waals surface area contributed by atoms with Gasteiger partial charge in [-0.05, 0) is 42.5 Å². The molecular formula is C22H18N2O4. The maximum Gasteiger partial charge on any atom is 0.262 e. The van der Waals surface area contributed by atoms with Gasteiger partial charge in [0.05, 0.1) is 7.11 Å². The third kappa shape index (κ3) is 3.96. The highest BCUT2D eigenvalue weighted by molar-refractivity contribution is 5.93. The molecule has 4 rings (SSSR count). The summed E-state index contributed by atoms with van der Waals surface area (Å²) in [5.41, 5.74) is 2.72. The fraction of sp³-hybridized carbons (Fsp3) is 0.0909. The molecule has 0 aliphatic rings. The number of ether oxygens (including phenoxy) is 2. The second-order valence-electron chi connectivity index (χ2n) is 6.08. The van der Waals surface area contributed by atoms with Crippen molar-refractivity contribution in [3.8, 4) is 23.0 Å². The van der Waals surface area contributed by atoms with Gasteiger partial charge in [-0.25, -0.2) is 4.98 Å². The van der Waals surface area contributed by atoms with Gasteiger partial charge in [-0.15, -0.1) is 0 Å². The van der Waals surface area contributed by atoms with Crippen molar-refractivity contribution < 1.29 is 18.7 Å². The average Bonchev–Trinajstić information content (AvgIpc) is 3.16. The third-order valence-corrected chi connectivity index (χ3v) is 4.10. The molecule has 6 nitrogen and oxygen atoms in total. The van der Waals surface area contributed by atoms with E-state index in [1.54, 1.807) is 37.4 Å². The molecule has 0 atom stereocenters. The number of hydrogen-bond donors (Lipinski definition) is 1. The van der Waals surface area contributed by atoms with Crippen LogP contribution in [0.3, 0.4) is 0 Å². The topological polar surface area (TPSA) is 73.6 Å². The Bertz CT molecular complexity index is 1110. The third-order valence-electron chi connectivity index (χ3n) is 4.10. The molecule has 0 saturated carbocycles. The molecule has 0 spiro atoms. The van der Waals surface area contributed by atoms with Gasteiger partial charge >= 0.3 is 0 Å². The first-order valence-corrected chi connectivity index (χ1v) is 8.74. The Morgan fingerprint density at radius 1 is 1.00 bits per heavy atom. The van der Waals surface area contributed by atoms with Crippen LogP contribution in [0.5, 0.6) is 11.5 Å². The molecule has 3 aromatic carbocycles. The number of fused-ring (bicyclic) bond motifs is 1. The Morgan fingerprint density at radius 3 is 2.64 bits per heavy atom. The molecule has 0 unspecified atom stereocenters. The number of methoxy groups -OCH3 is 1. The highest BCUT2D eigenvalue weighted by Crippen LogP contribution is 2.28. The van der Waals surface area contributed by atoms with E-state index < -0.39 is 0 Å². The van der Waals surface area contributed by atoms with E-state index in [1.165, 1.54) is 0 Å². The minimum absolute atomic E-state index is 0.0759. The summed E-state index contributed by atoms with van der Waals surface area (Å²) in [7, 11) is 1.61. The number of benzene rings is 3. The Kier molecular flexibility index (Phi) is 4.93. The highest BCUT2D eigenvalue weighted by Gasteiger charge is 2.11. The molecule has 0 fully saturated rings. The summed E-state index contributed by atoms with van der Waals surface area (Å²) in [6.07, 6.45) is 0. The summed E-state index contributed by atoms with van der Waals surface area (Å²) < 4.78 is 16.5. The molecule has 1 amide bonds. The van der Waals surface area contributed by atoms with Gasteiger partial charge in [-0.1, -0.05) is 24.3 Å². The Balaban J connectivity index is 1.47. The van der Waals surface area contributed by atoms with Crippen LogP contribution in [0, 0.1) is 0 Å². The molecule has 0 radical (unpaired) electrons.